The van der Waals surface area contributed by atoms with Crippen molar-refractivity contribution in [2.75, 3.05) is 11.4 Å². The highest BCUT2D eigenvalue weighted by atomic mass is 32.2. The van der Waals surface area contributed by atoms with E-state index in [-0.39, 0.29) is 0 Å². The zero-order chi connectivity index (χ0) is 14.7. The number of rotatable bonds is 5. The van der Waals surface area contributed by atoms with Gasteiger partial charge >= 0.3 is 0 Å². The van der Waals surface area contributed by atoms with Gasteiger partial charge in [-0.15, -0.1) is 0 Å². The van der Waals surface area contributed by atoms with Crippen LogP contribution in [0.25, 0.3) is 0 Å². The summed E-state index contributed by atoms with van der Waals surface area (Å²) in [4.78, 5) is 5.25. The molecule has 0 unspecified atom stereocenters. The number of fused-ring (bicyclic) bond motifs is 2. The van der Waals surface area contributed by atoms with Gasteiger partial charge in [0.2, 0.25) is 0 Å². The van der Waals surface area contributed by atoms with Crippen LogP contribution in [0.15, 0.2) is 58.3 Å². The largest absolute Gasteiger partial charge is 0.340 e. The number of nitrogens with zero attached hydrogens (tertiary/aromatic N) is 1. The molecule has 2 aromatic rings. The lowest BCUT2D eigenvalue weighted by atomic mass is 10.1. The monoisotopic (exact) mass is 297 g/mol. The van der Waals surface area contributed by atoms with Gasteiger partial charge in [0.05, 0.1) is 11.4 Å². The second-order valence-corrected chi connectivity index (χ2v) is 7.16. The molecule has 0 fully saturated rings. The van der Waals surface area contributed by atoms with E-state index in [9.17, 15) is 0 Å². The molecule has 2 heteroatoms. The first-order chi connectivity index (χ1) is 10.3. The molecule has 0 aliphatic carbocycles. The fraction of sp³-hybridized carbons (Fsp3) is 0.368. The Bertz CT molecular complexity index is 561. The average Bonchev–Trinajstić information content (AvgIpc) is 2.50. The molecule has 3 rings (SSSR count). The molecule has 0 radical (unpaired) electrons. The van der Waals surface area contributed by atoms with E-state index >= 15 is 0 Å². The second kappa shape index (κ2) is 6.57. The number of anilines is 2. The molecule has 1 aliphatic heterocycles. The van der Waals surface area contributed by atoms with Gasteiger partial charge in [0.15, 0.2) is 0 Å². The van der Waals surface area contributed by atoms with Crippen LogP contribution in [0.5, 0.6) is 0 Å². The summed E-state index contributed by atoms with van der Waals surface area (Å²) in [5, 5.41) is 0. The Morgan fingerprint density at radius 1 is 0.857 bits per heavy atom. The predicted octanol–water partition coefficient (Wildman–Crippen LogP) is 6.12. The topological polar surface area (TPSA) is 3.24 Å². The predicted molar refractivity (Wildman–Crippen MR) is 92.7 cm³/mol. The molecule has 1 nitrogen and oxygen atoms in total. The van der Waals surface area contributed by atoms with E-state index in [1.54, 1.807) is 0 Å². The average molecular weight is 297 g/mol. The van der Waals surface area contributed by atoms with Crippen molar-refractivity contribution in [3.63, 3.8) is 0 Å². The summed E-state index contributed by atoms with van der Waals surface area (Å²) in [5.74, 6) is 0.807. The van der Waals surface area contributed by atoms with Gasteiger partial charge in [-0.3, -0.25) is 0 Å². The first-order valence-corrected chi connectivity index (χ1v) is 8.71. The summed E-state index contributed by atoms with van der Waals surface area (Å²) in [6.45, 7) is 5.73. The summed E-state index contributed by atoms with van der Waals surface area (Å²) < 4.78 is 0. The number of hydrogen-bond donors (Lipinski definition) is 0. The maximum atomic E-state index is 2.50. The summed E-state index contributed by atoms with van der Waals surface area (Å²) in [6, 6.07) is 17.5. The van der Waals surface area contributed by atoms with Crippen LogP contribution in [0.1, 0.15) is 33.1 Å². The number of benzene rings is 2. The van der Waals surface area contributed by atoms with Gasteiger partial charge in [-0.05, 0) is 36.6 Å². The van der Waals surface area contributed by atoms with Crippen LogP contribution >= 0.6 is 11.8 Å². The quantitative estimate of drug-likeness (QED) is 0.612. The fourth-order valence-electron chi connectivity index (χ4n) is 2.84. The normalized spacial score (nSPS) is 13.2. The summed E-state index contributed by atoms with van der Waals surface area (Å²) in [7, 11) is 0. The van der Waals surface area contributed by atoms with Gasteiger partial charge < -0.3 is 4.90 Å². The highest BCUT2D eigenvalue weighted by Crippen LogP contribution is 2.47. The lowest BCUT2D eigenvalue weighted by Crippen LogP contribution is -2.21. The van der Waals surface area contributed by atoms with Crippen molar-refractivity contribution in [2.24, 2.45) is 5.92 Å². The highest BCUT2D eigenvalue weighted by Gasteiger charge is 2.21. The van der Waals surface area contributed by atoms with Crippen molar-refractivity contribution in [1.29, 1.82) is 0 Å². The lowest BCUT2D eigenvalue weighted by molar-refractivity contribution is 0.539. The van der Waals surface area contributed by atoms with Gasteiger partial charge in [-0.1, -0.05) is 62.7 Å². The molecule has 0 saturated carbocycles. The van der Waals surface area contributed by atoms with Crippen LogP contribution in [0, 0.1) is 5.92 Å². The van der Waals surface area contributed by atoms with Gasteiger partial charge in [0.1, 0.15) is 0 Å². The third-order valence-electron chi connectivity index (χ3n) is 3.95. The molecule has 0 spiro atoms. The zero-order valence-electron chi connectivity index (χ0n) is 12.9. The molecule has 2 aromatic carbocycles. The Hall–Kier alpha value is -1.41. The third-order valence-corrected chi connectivity index (χ3v) is 5.08. The first kappa shape index (κ1) is 14.5. The van der Waals surface area contributed by atoms with Crippen molar-refractivity contribution < 1.29 is 0 Å². The molecule has 110 valence electrons. The fourth-order valence-corrected chi connectivity index (χ4v) is 3.94. The van der Waals surface area contributed by atoms with Crippen LogP contribution in [-0.2, 0) is 0 Å². The molecule has 0 bridgehead atoms. The van der Waals surface area contributed by atoms with Crippen LogP contribution < -0.4 is 4.90 Å². The molecular formula is C19H23NS. The first-order valence-electron chi connectivity index (χ1n) is 7.89. The molecule has 1 aliphatic rings. The number of hydrogen-bond acceptors (Lipinski definition) is 2. The minimum Gasteiger partial charge on any atom is -0.340 e. The molecule has 21 heavy (non-hydrogen) atoms. The molecule has 0 amide bonds. The lowest BCUT2D eigenvalue weighted by Gasteiger charge is -2.32. The second-order valence-electron chi connectivity index (χ2n) is 6.08. The van der Waals surface area contributed by atoms with Crippen molar-refractivity contribution in [3.8, 4) is 0 Å². The SMILES string of the molecule is CC(C)CCCCN1c2ccccc2Sc2ccccc21. The van der Waals surface area contributed by atoms with E-state index in [0.717, 1.165) is 12.5 Å². The molecule has 0 atom stereocenters. The van der Waals surface area contributed by atoms with Gasteiger partial charge in [0, 0.05) is 16.3 Å². The maximum Gasteiger partial charge on any atom is 0.0552 e. The van der Waals surface area contributed by atoms with Crippen LogP contribution in [0.4, 0.5) is 11.4 Å². The van der Waals surface area contributed by atoms with E-state index < -0.39 is 0 Å². The Morgan fingerprint density at radius 2 is 1.43 bits per heavy atom. The molecular weight excluding hydrogens is 274 g/mol. The Labute approximate surface area is 132 Å². The standard InChI is InChI=1S/C19H23NS/c1-15(2)9-7-8-14-20-16-10-3-5-12-18(16)21-19-13-6-4-11-17(19)20/h3-6,10-13,15H,7-9,14H2,1-2H3. The molecule has 0 aromatic heterocycles. The zero-order valence-corrected chi connectivity index (χ0v) is 13.7. The molecule has 0 N–H and O–H groups in total. The van der Waals surface area contributed by atoms with E-state index in [1.807, 2.05) is 11.8 Å². The van der Waals surface area contributed by atoms with Crippen molar-refractivity contribution in [1.82, 2.24) is 0 Å². The van der Waals surface area contributed by atoms with Gasteiger partial charge in [-0.25, -0.2) is 0 Å². The Kier molecular flexibility index (Phi) is 4.54. The minimum absolute atomic E-state index is 0.807. The Morgan fingerprint density at radius 3 is 2.00 bits per heavy atom. The van der Waals surface area contributed by atoms with E-state index in [4.69, 9.17) is 0 Å². The highest BCUT2D eigenvalue weighted by molar-refractivity contribution is 7.99. The summed E-state index contributed by atoms with van der Waals surface area (Å²) in [5.41, 5.74) is 2.73. The van der Waals surface area contributed by atoms with Crippen LogP contribution in [0.2, 0.25) is 0 Å². The third kappa shape index (κ3) is 3.26. The van der Waals surface area contributed by atoms with Crippen LogP contribution in [0.3, 0.4) is 0 Å². The van der Waals surface area contributed by atoms with Gasteiger partial charge in [0.25, 0.3) is 0 Å². The number of para-hydroxylation sites is 2. The maximum absolute atomic E-state index is 2.50. The van der Waals surface area contributed by atoms with Gasteiger partial charge in [-0.2, -0.15) is 0 Å². The number of unbranched alkanes of at least 4 members (excludes halogenated alkanes) is 1. The summed E-state index contributed by atoms with van der Waals surface area (Å²) >= 11 is 1.89. The van der Waals surface area contributed by atoms with E-state index in [1.165, 1.54) is 40.4 Å². The minimum atomic E-state index is 0.807. The summed E-state index contributed by atoms with van der Waals surface area (Å²) in [6.07, 6.45) is 3.89. The molecule has 1 heterocycles. The van der Waals surface area contributed by atoms with E-state index in [0.29, 0.717) is 0 Å². The van der Waals surface area contributed by atoms with Crippen LogP contribution in [-0.4, -0.2) is 6.54 Å². The van der Waals surface area contributed by atoms with E-state index in [2.05, 4.69) is 67.3 Å². The Balaban J connectivity index is 1.81. The van der Waals surface area contributed by atoms with Crippen molar-refractivity contribution >= 4 is 23.1 Å². The smallest absolute Gasteiger partial charge is 0.0552 e. The van der Waals surface area contributed by atoms with Crippen molar-refractivity contribution in [3.05, 3.63) is 48.5 Å². The van der Waals surface area contributed by atoms with Crippen molar-refractivity contribution in [2.45, 2.75) is 42.9 Å². The molecule has 0 saturated heterocycles.